The van der Waals surface area contributed by atoms with Gasteiger partial charge < -0.3 is 5.32 Å². The normalized spacial score (nSPS) is 9.54. The number of anilines is 1. The predicted octanol–water partition coefficient (Wildman–Crippen LogP) is 3.64. The molecule has 0 bridgehead atoms. The lowest BCUT2D eigenvalue weighted by molar-refractivity contribution is 1.32. The van der Waals surface area contributed by atoms with Gasteiger partial charge in [-0.1, -0.05) is 11.6 Å². The zero-order valence-electron chi connectivity index (χ0n) is 8.81. The van der Waals surface area contributed by atoms with Gasteiger partial charge in [0.2, 0.25) is 0 Å². The largest absolute Gasteiger partial charge is 0.362 e. The summed E-state index contributed by atoms with van der Waals surface area (Å²) in [6.45, 7) is 8.41. The molecule has 1 N–H and O–H groups in total. The highest BCUT2D eigenvalue weighted by Crippen LogP contribution is 2.14. The van der Waals surface area contributed by atoms with Crippen LogP contribution in [-0.4, -0.2) is 0 Å². The lowest BCUT2D eigenvalue weighted by Gasteiger charge is -2.05. The molecule has 1 aromatic carbocycles. The maximum atomic E-state index is 3.25. The number of allylic oxidation sites excluding steroid dienone is 1. The van der Waals surface area contributed by atoms with Crippen molar-refractivity contribution in [3.8, 4) is 0 Å². The number of hydrogen-bond acceptors (Lipinski definition) is 1. The van der Waals surface area contributed by atoms with Gasteiger partial charge in [-0.15, -0.1) is 0 Å². The van der Waals surface area contributed by atoms with Crippen LogP contribution in [0, 0.1) is 13.8 Å². The Labute approximate surface area is 80.5 Å². The first-order valence-electron chi connectivity index (χ1n) is 4.57. The fourth-order valence-corrected chi connectivity index (χ4v) is 1.06. The second kappa shape index (κ2) is 4.13. The van der Waals surface area contributed by atoms with E-state index < -0.39 is 0 Å². The third-order valence-corrected chi connectivity index (χ3v) is 2.03. The van der Waals surface area contributed by atoms with Crippen molar-refractivity contribution in [1.29, 1.82) is 0 Å². The van der Waals surface area contributed by atoms with Crippen molar-refractivity contribution in [2.75, 3.05) is 5.32 Å². The van der Waals surface area contributed by atoms with Gasteiger partial charge in [-0.25, -0.2) is 0 Å². The maximum Gasteiger partial charge on any atom is 0.0382 e. The molecule has 70 valence electrons. The molecule has 1 rings (SSSR count). The summed E-state index contributed by atoms with van der Waals surface area (Å²) in [7, 11) is 0. The molecule has 0 aliphatic heterocycles. The Kier molecular flexibility index (Phi) is 3.13. The molecule has 0 amide bonds. The standard InChI is InChI=1S/C12H17N/c1-9(2)8-13-12-6-5-10(3)11(4)7-12/h5-8,13H,1-4H3. The maximum absolute atomic E-state index is 3.25. The van der Waals surface area contributed by atoms with Gasteiger partial charge in [0.05, 0.1) is 0 Å². The van der Waals surface area contributed by atoms with Crippen LogP contribution in [-0.2, 0) is 0 Å². The summed E-state index contributed by atoms with van der Waals surface area (Å²) in [5, 5.41) is 3.25. The van der Waals surface area contributed by atoms with Gasteiger partial charge in [0, 0.05) is 5.69 Å². The zero-order chi connectivity index (χ0) is 9.84. The Morgan fingerprint density at radius 1 is 1.15 bits per heavy atom. The Hall–Kier alpha value is -1.24. The average molecular weight is 175 g/mol. The van der Waals surface area contributed by atoms with Crippen LogP contribution < -0.4 is 5.32 Å². The second-order valence-corrected chi connectivity index (χ2v) is 3.67. The van der Waals surface area contributed by atoms with E-state index in [0.29, 0.717) is 0 Å². The van der Waals surface area contributed by atoms with Crippen LogP contribution in [0.3, 0.4) is 0 Å². The first-order valence-corrected chi connectivity index (χ1v) is 4.57. The van der Waals surface area contributed by atoms with Crippen LogP contribution in [0.15, 0.2) is 30.0 Å². The van der Waals surface area contributed by atoms with Crippen LogP contribution in [0.1, 0.15) is 25.0 Å². The minimum absolute atomic E-state index is 1.16. The van der Waals surface area contributed by atoms with Crippen molar-refractivity contribution in [2.45, 2.75) is 27.7 Å². The van der Waals surface area contributed by atoms with E-state index in [9.17, 15) is 0 Å². The first-order chi connectivity index (χ1) is 6.09. The van der Waals surface area contributed by atoms with Gasteiger partial charge in [0.1, 0.15) is 0 Å². The molecule has 0 heterocycles. The van der Waals surface area contributed by atoms with E-state index in [0.717, 1.165) is 5.69 Å². The van der Waals surface area contributed by atoms with Crippen molar-refractivity contribution >= 4 is 5.69 Å². The van der Waals surface area contributed by atoms with E-state index in [2.05, 4.69) is 51.2 Å². The Morgan fingerprint density at radius 2 is 1.85 bits per heavy atom. The summed E-state index contributed by atoms with van der Waals surface area (Å²) in [4.78, 5) is 0. The summed E-state index contributed by atoms with van der Waals surface area (Å²) in [5.74, 6) is 0. The molecule has 0 aromatic heterocycles. The molecular weight excluding hydrogens is 158 g/mol. The minimum atomic E-state index is 1.16. The monoisotopic (exact) mass is 175 g/mol. The molecule has 0 saturated heterocycles. The zero-order valence-corrected chi connectivity index (χ0v) is 8.81. The molecule has 0 fully saturated rings. The van der Waals surface area contributed by atoms with Crippen LogP contribution in [0.4, 0.5) is 5.69 Å². The molecule has 1 aromatic rings. The Morgan fingerprint density at radius 3 is 2.38 bits per heavy atom. The lowest BCUT2D eigenvalue weighted by Crippen LogP contribution is -1.90. The lowest BCUT2D eigenvalue weighted by atomic mass is 10.1. The molecule has 0 aliphatic carbocycles. The van der Waals surface area contributed by atoms with Crippen LogP contribution in [0.2, 0.25) is 0 Å². The molecule has 1 nitrogen and oxygen atoms in total. The van der Waals surface area contributed by atoms with Crippen molar-refractivity contribution < 1.29 is 0 Å². The quantitative estimate of drug-likeness (QED) is 0.723. The van der Waals surface area contributed by atoms with E-state index in [4.69, 9.17) is 0 Å². The van der Waals surface area contributed by atoms with E-state index in [-0.39, 0.29) is 0 Å². The first kappa shape index (κ1) is 9.85. The third kappa shape index (κ3) is 2.94. The van der Waals surface area contributed by atoms with Crippen molar-refractivity contribution in [3.05, 3.63) is 41.1 Å². The highest BCUT2D eigenvalue weighted by Gasteiger charge is 1.93. The van der Waals surface area contributed by atoms with Gasteiger partial charge >= 0.3 is 0 Å². The summed E-state index contributed by atoms with van der Waals surface area (Å²) in [5.41, 5.74) is 5.09. The van der Waals surface area contributed by atoms with E-state index in [1.807, 2.05) is 6.20 Å². The summed E-state index contributed by atoms with van der Waals surface area (Å²) in [6, 6.07) is 6.40. The Balaban J connectivity index is 2.80. The highest BCUT2D eigenvalue weighted by atomic mass is 14.8. The number of nitrogens with one attached hydrogen (secondary N) is 1. The summed E-state index contributed by atoms with van der Waals surface area (Å²) >= 11 is 0. The molecule has 0 spiro atoms. The Bertz CT molecular complexity index is 320. The molecular formula is C12H17N. The van der Waals surface area contributed by atoms with Crippen molar-refractivity contribution in [1.82, 2.24) is 0 Å². The number of benzene rings is 1. The fourth-order valence-electron chi connectivity index (χ4n) is 1.06. The summed E-state index contributed by atoms with van der Waals surface area (Å²) in [6.07, 6.45) is 2.02. The van der Waals surface area contributed by atoms with Gasteiger partial charge in [-0.05, 0) is 57.2 Å². The molecule has 13 heavy (non-hydrogen) atoms. The van der Waals surface area contributed by atoms with Gasteiger partial charge in [-0.2, -0.15) is 0 Å². The van der Waals surface area contributed by atoms with Crippen LogP contribution in [0.5, 0.6) is 0 Å². The van der Waals surface area contributed by atoms with E-state index >= 15 is 0 Å². The van der Waals surface area contributed by atoms with Gasteiger partial charge in [-0.3, -0.25) is 0 Å². The fraction of sp³-hybridized carbons (Fsp3) is 0.333. The van der Waals surface area contributed by atoms with Gasteiger partial charge in [0.15, 0.2) is 0 Å². The number of rotatable bonds is 2. The molecule has 1 heteroatoms. The minimum Gasteiger partial charge on any atom is -0.362 e. The smallest absolute Gasteiger partial charge is 0.0382 e. The third-order valence-electron chi connectivity index (χ3n) is 2.03. The van der Waals surface area contributed by atoms with Crippen molar-refractivity contribution in [2.24, 2.45) is 0 Å². The molecule has 0 aliphatic rings. The SMILES string of the molecule is CC(C)=CNc1ccc(C)c(C)c1. The van der Waals surface area contributed by atoms with Crippen LogP contribution >= 0.6 is 0 Å². The molecule has 0 unspecified atom stereocenters. The van der Waals surface area contributed by atoms with Crippen LogP contribution in [0.25, 0.3) is 0 Å². The number of aryl methyl sites for hydroxylation is 2. The average Bonchev–Trinajstić information content (AvgIpc) is 2.07. The predicted molar refractivity (Wildman–Crippen MR) is 59.0 cm³/mol. The topological polar surface area (TPSA) is 12.0 Å². The summed E-state index contributed by atoms with van der Waals surface area (Å²) < 4.78 is 0. The molecule has 0 atom stereocenters. The van der Waals surface area contributed by atoms with Gasteiger partial charge in [0.25, 0.3) is 0 Å². The van der Waals surface area contributed by atoms with E-state index in [1.54, 1.807) is 0 Å². The highest BCUT2D eigenvalue weighted by molar-refractivity contribution is 5.50. The van der Waals surface area contributed by atoms with Crippen molar-refractivity contribution in [3.63, 3.8) is 0 Å². The molecule has 0 saturated carbocycles. The second-order valence-electron chi connectivity index (χ2n) is 3.67. The van der Waals surface area contributed by atoms with E-state index in [1.165, 1.54) is 16.7 Å². The number of hydrogen-bond donors (Lipinski definition) is 1. The molecule has 0 radical (unpaired) electrons.